The van der Waals surface area contributed by atoms with Gasteiger partial charge in [-0.05, 0) is 92.7 Å². The second-order valence-electron chi connectivity index (χ2n) is 19.7. The summed E-state index contributed by atoms with van der Waals surface area (Å²) >= 11 is 2.98. The fraction of sp³-hybridized carbons (Fsp3) is 0.509. The van der Waals surface area contributed by atoms with E-state index in [4.69, 9.17) is 14.2 Å². The lowest BCUT2D eigenvalue weighted by atomic mass is 9.85. The molecular weight excluding hydrogens is 957 g/mol. The lowest BCUT2D eigenvalue weighted by molar-refractivity contribution is -0.144. The van der Waals surface area contributed by atoms with E-state index in [1.807, 2.05) is 88.7 Å². The Kier molecular flexibility index (Phi) is 19.2. The van der Waals surface area contributed by atoms with Gasteiger partial charge in [0.1, 0.15) is 24.8 Å². The zero-order valence-corrected chi connectivity index (χ0v) is 43.6. The number of nitrogens with zero attached hydrogens (tertiary/aromatic N) is 4. The molecule has 0 spiro atoms. The molecule has 1 aliphatic heterocycles. The summed E-state index contributed by atoms with van der Waals surface area (Å²) in [4.78, 5) is 81.7. The molecule has 5 amide bonds. The molecule has 1 saturated carbocycles. The second-order valence-corrected chi connectivity index (χ2v) is 21.6. The lowest BCUT2D eigenvalue weighted by Crippen LogP contribution is -2.58. The van der Waals surface area contributed by atoms with Crippen LogP contribution >= 0.6 is 22.7 Å². The number of aryl methyl sites for hydroxylation is 2. The van der Waals surface area contributed by atoms with Gasteiger partial charge in [-0.15, -0.1) is 11.3 Å². The highest BCUT2D eigenvalue weighted by Crippen LogP contribution is 2.33. The maximum absolute atomic E-state index is 14.0. The Morgan fingerprint density at radius 3 is 2.33 bits per heavy atom. The predicted octanol–water partition coefficient (Wildman–Crippen LogP) is 8.71. The highest BCUT2D eigenvalue weighted by molar-refractivity contribution is 7.22. The van der Waals surface area contributed by atoms with Crippen molar-refractivity contribution < 1.29 is 43.3 Å². The Balaban J connectivity index is 0.751. The number of carbonyl (C=O) groups excluding carboxylic acids is 5. The quantitative estimate of drug-likeness (QED) is 0.0411. The first-order valence-corrected chi connectivity index (χ1v) is 26.7. The summed E-state index contributed by atoms with van der Waals surface area (Å²) in [6.07, 6.45) is 9.26. The molecule has 4 heterocycles. The maximum atomic E-state index is 14.0. The number of fused-ring (bicyclic) bond motifs is 1. The molecule has 0 bridgehead atoms. The number of thiazole rings is 2. The van der Waals surface area contributed by atoms with Gasteiger partial charge in [-0.2, -0.15) is 0 Å². The number of pyridine rings is 1. The van der Waals surface area contributed by atoms with Gasteiger partial charge in [0.15, 0.2) is 5.13 Å². The molecule has 2 aliphatic rings. The number of likely N-dealkylation sites (tertiary alicyclic amines) is 1. The van der Waals surface area contributed by atoms with Gasteiger partial charge < -0.3 is 40.2 Å². The molecule has 3 aromatic heterocycles. The molecule has 3 atom stereocenters. The average Bonchev–Trinajstić information content (AvgIpc) is 4.09. The first-order chi connectivity index (χ1) is 34.6. The molecule has 2 aromatic carbocycles. The lowest BCUT2D eigenvalue weighted by Gasteiger charge is -2.35. The van der Waals surface area contributed by atoms with Crippen LogP contribution in [0.1, 0.15) is 108 Å². The Bertz CT molecular complexity index is 2640. The van der Waals surface area contributed by atoms with Gasteiger partial charge in [-0.3, -0.25) is 29.5 Å². The van der Waals surface area contributed by atoms with Crippen molar-refractivity contribution in [2.75, 3.05) is 43.6 Å². The van der Waals surface area contributed by atoms with Crippen molar-refractivity contribution in [3.63, 3.8) is 0 Å². The number of β-amino-alcohol motifs (C(OH)–C–C–N with tert-alkyl or cyclic N) is 1. The maximum Gasteiger partial charge on any atom is 0.411 e. The summed E-state index contributed by atoms with van der Waals surface area (Å²) < 4.78 is 17.8. The van der Waals surface area contributed by atoms with Crippen LogP contribution in [0.4, 0.5) is 15.6 Å². The molecule has 19 heteroatoms. The third-order valence-corrected chi connectivity index (χ3v) is 14.8. The van der Waals surface area contributed by atoms with E-state index in [0.717, 1.165) is 94.4 Å². The van der Waals surface area contributed by atoms with Crippen LogP contribution in [0.15, 0.2) is 60.2 Å². The van der Waals surface area contributed by atoms with E-state index in [1.54, 1.807) is 17.5 Å². The smallest absolute Gasteiger partial charge is 0.411 e. The molecule has 386 valence electrons. The summed E-state index contributed by atoms with van der Waals surface area (Å²) in [6.45, 7) is 10.2. The van der Waals surface area contributed by atoms with Gasteiger partial charge in [0.2, 0.25) is 23.6 Å². The van der Waals surface area contributed by atoms with Crippen molar-refractivity contribution >= 4 is 73.4 Å². The number of carbonyl (C=O) groups is 5. The van der Waals surface area contributed by atoms with Crippen LogP contribution in [-0.4, -0.2) is 112 Å². The largest absolute Gasteiger partial charge is 0.446 e. The summed E-state index contributed by atoms with van der Waals surface area (Å²) in [7, 11) is 0. The predicted molar refractivity (Wildman–Crippen MR) is 280 cm³/mol. The SMILES string of the molecule is Cc1ncc(-c2ccc3nc(NC(=O)CCCCCCOCCOCC(=O)N[C@H](C(=O)N4C[C@H](O)C[C@H]4C(=O)NCc4ccc(-c5scnc5C)cc4)C(C)(C)C)sc3c2)cc1NC(=O)OC1CCCCC1. The standard InChI is InChI=1S/C53H68N8O9S2/c1-33-42(58-52(67)70-40-13-9-8-10-14-40)25-38(29-54-33)37-20-21-41-44(26-37)72-51(57-41)60-45(63)15-11-6-7-12-22-68-23-24-69-31-46(64)59-48(53(3,4)5)50(66)61-30-39(62)27-43(61)49(65)55-28-35-16-18-36(19-17-35)47-34(2)56-32-71-47/h16-21,25-26,29,32,39-40,43,48,62H,6-15,22-24,27-28,30-31H2,1-5H3,(H,55,65)(H,58,67)(H,59,64)(H,57,60,63)/t39-,43+,48-/m1/s1. The van der Waals surface area contributed by atoms with Crippen molar-refractivity contribution in [1.29, 1.82) is 0 Å². The van der Waals surface area contributed by atoms with E-state index in [0.29, 0.717) is 29.5 Å². The summed E-state index contributed by atoms with van der Waals surface area (Å²) in [6, 6.07) is 13.8. The van der Waals surface area contributed by atoms with Crippen molar-refractivity contribution in [3.05, 3.63) is 77.2 Å². The Labute approximate surface area is 429 Å². The normalized spacial score (nSPS) is 16.6. The first-order valence-electron chi connectivity index (χ1n) is 25.0. The minimum absolute atomic E-state index is 0.0174. The zero-order valence-electron chi connectivity index (χ0n) is 41.9. The van der Waals surface area contributed by atoms with Crippen LogP contribution in [0.3, 0.4) is 0 Å². The molecule has 17 nitrogen and oxygen atoms in total. The van der Waals surface area contributed by atoms with E-state index >= 15 is 0 Å². The number of rotatable bonds is 22. The summed E-state index contributed by atoms with van der Waals surface area (Å²) in [5.41, 5.74) is 7.84. The first kappa shape index (κ1) is 53.9. The highest BCUT2D eigenvalue weighted by atomic mass is 32.1. The van der Waals surface area contributed by atoms with Gasteiger partial charge in [-0.1, -0.05) is 81.7 Å². The van der Waals surface area contributed by atoms with Crippen LogP contribution in [0, 0.1) is 19.3 Å². The van der Waals surface area contributed by atoms with Crippen LogP contribution in [0.2, 0.25) is 0 Å². The number of amides is 5. The molecule has 5 aromatic rings. The molecule has 0 radical (unpaired) electrons. The molecule has 5 N–H and O–H groups in total. The van der Waals surface area contributed by atoms with Crippen molar-refractivity contribution in [3.8, 4) is 21.6 Å². The third-order valence-electron chi connectivity index (χ3n) is 12.9. The van der Waals surface area contributed by atoms with E-state index in [2.05, 4.69) is 36.2 Å². The number of aliphatic hydroxyl groups is 1. The summed E-state index contributed by atoms with van der Waals surface area (Å²) in [5, 5.41) is 22.6. The monoisotopic (exact) mass is 1020 g/mol. The van der Waals surface area contributed by atoms with E-state index in [1.165, 1.54) is 22.7 Å². The molecule has 2 fully saturated rings. The molecule has 0 unspecified atom stereocenters. The van der Waals surface area contributed by atoms with Crippen molar-refractivity contribution in [2.45, 2.75) is 136 Å². The van der Waals surface area contributed by atoms with Crippen LogP contribution < -0.4 is 21.3 Å². The Hall–Kier alpha value is -5.86. The van der Waals surface area contributed by atoms with Crippen molar-refractivity contribution in [2.24, 2.45) is 5.41 Å². The number of hydrogen-bond donors (Lipinski definition) is 5. The Morgan fingerprint density at radius 2 is 1.58 bits per heavy atom. The fourth-order valence-electron chi connectivity index (χ4n) is 8.84. The second kappa shape index (κ2) is 25.7. The number of anilines is 2. The van der Waals surface area contributed by atoms with Gasteiger partial charge in [0.05, 0.1) is 57.0 Å². The minimum Gasteiger partial charge on any atom is -0.446 e. The van der Waals surface area contributed by atoms with Gasteiger partial charge >= 0.3 is 6.09 Å². The third kappa shape index (κ3) is 15.3. The molecule has 7 rings (SSSR count). The Morgan fingerprint density at radius 1 is 0.833 bits per heavy atom. The van der Waals surface area contributed by atoms with Crippen molar-refractivity contribution in [1.82, 2.24) is 30.5 Å². The van der Waals surface area contributed by atoms with Crippen LogP contribution in [-0.2, 0) is 39.9 Å². The number of benzene rings is 2. The van der Waals surface area contributed by atoms with Gasteiger partial charge in [0.25, 0.3) is 0 Å². The molecule has 72 heavy (non-hydrogen) atoms. The van der Waals surface area contributed by atoms with E-state index in [-0.39, 0.29) is 57.2 Å². The van der Waals surface area contributed by atoms with E-state index in [9.17, 15) is 29.1 Å². The van der Waals surface area contributed by atoms with Gasteiger partial charge in [-0.25, -0.2) is 14.8 Å². The highest BCUT2D eigenvalue weighted by Gasteiger charge is 2.44. The molecule has 1 saturated heterocycles. The topological polar surface area (TPSA) is 223 Å². The van der Waals surface area contributed by atoms with Gasteiger partial charge in [0, 0.05) is 44.3 Å². The summed E-state index contributed by atoms with van der Waals surface area (Å²) in [5.74, 6) is -1.39. The minimum atomic E-state index is -0.964. The fourth-order valence-corrected chi connectivity index (χ4v) is 10.6. The number of unbranched alkanes of at least 4 members (excludes halogenated alkanes) is 3. The number of hydrogen-bond acceptors (Lipinski definition) is 14. The number of nitrogens with one attached hydrogen (secondary N) is 4. The number of aliphatic hydroxyl groups excluding tert-OH is 1. The zero-order chi connectivity index (χ0) is 51.2. The van der Waals surface area contributed by atoms with Crippen LogP contribution in [0.25, 0.3) is 31.8 Å². The van der Waals surface area contributed by atoms with Crippen LogP contribution in [0.5, 0.6) is 0 Å². The average molecular weight is 1030 g/mol. The van der Waals surface area contributed by atoms with E-state index < -0.39 is 41.5 Å². The number of ether oxygens (including phenoxy) is 3. The number of aromatic nitrogens is 3. The molecule has 1 aliphatic carbocycles. The molecular formula is C53H68N8O9S2.